The molecule has 3 nitrogen and oxygen atoms in total. The number of aldehydes is 1. The van der Waals surface area contributed by atoms with Gasteiger partial charge in [0.2, 0.25) is 0 Å². The van der Waals surface area contributed by atoms with Crippen LogP contribution in [0.15, 0.2) is 12.1 Å². The number of methoxy groups -OCH3 is 1. The molecule has 0 heterocycles. The first-order valence-electron chi connectivity index (χ1n) is 3.96. The molecule has 0 atom stereocenters. The second kappa shape index (κ2) is 4.61. The normalized spacial score (nSPS) is 11.1. The first-order valence-corrected chi connectivity index (χ1v) is 4.33. The van der Waals surface area contributed by atoms with E-state index in [1.165, 1.54) is 6.07 Å². The van der Waals surface area contributed by atoms with Gasteiger partial charge in [-0.2, -0.15) is 0 Å². The van der Waals surface area contributed by atoms with Crippen molar-refractivity contribution in [3.63, 3.8) is 0 Å². The molecule has 88 valence electrons. The van der Waals surface area contributed by atoms with Crippen LogP contribution in [0.25, 0.3) is 0 Å². The Bertz CT molecular complexity index is 404. The van der Waals surface area contributed by atoms with E-state index in [4.69, 9.17) is 11.6 Å². The Labute approximate surface area is 93.7 Å². The summed E-state index contributed by atoms with van der Waals surface area (Å²) in [6.45, 7) is 0. The summed E-state index contributed by atoms with van der Waals surface area (Å²) in [5, 5.41) is -0.133. The Morgan fingerprint density at radius 3 is 2.44 bits per heavy atom. The van der Waals surface area contributed by atoms with Crippen molar-refractivity contribution in [2.45, 2.75) is 6.36 Å². The SMILES string of the molecule is COc1c(Cl)cc(C=O)cc1OC(F)(F)F. The summed E-state index contributed by atoms with van der Waals surface area (Å²) in [4.78, 5) is 10.4. The Morgan fingerprint density at radius 1 is 1.38 bits per heavy atom. The maximum atomic E-state index is 12.0. The lowest BCUT2D eigenvalue weighted by Gasteiger charge is -2.13. The molecular formula is C9H6ClF3O3. The summed E-state index contributed by atoms with van der Waals surface area (Å²) in [6, 6.07) is 2.07. The van der Waals surface area contributed by atoms with Crippen molar-refractivity contribution in [2.75, 3.05) is 7.11 Å². The zero-order valence-electron chi connectivity index (χ0n) is 7.97. The standard InChI is InChI=1S/C9H6ClF3O3/c1-15-8-6(10)2-5(4-14)3-7(8)16-9(11,12)13/h2-4H,1H3. The number of hydrogen-bond acceptors (Lipinski definition) is 3. The van der Waals surface area contributed by atoms with Crippen LogP contribution in [-0.4, -0.2) is 19.8 Å². The summed E-state index contributed by atoms with van der Waals surface area (Å²) in [5.74, 6) is -0.922. The minimum Gasteiger partial charge on any atom is -0.491 e. The summed E-state index contributed by atoms with van der Waals surface area (Å²) in [7, 11) is 1.14. The lowest BCUT2D eigenvalue weighted by Crippen LogP contribution is -2.17. The van der Waals surface area contributed by atoms with Gasteiger partial charge in [0.15, 0.2) is 11.5 Å². The third-order valence-electron chi connectivity index (χ3n) is 1.60. The number of hydrogen-bond donors (Lipinski definition) is 0. The fourth-order valence-corrected chi connectivity index (χ4v) is 1.35. The van der Waals surface area contributed by atoms with Gasteiger partial charge in [-0.15, -0.1) is 13.2 Å². The van der Waals surface area contributed by atoms with Crippen LogP contribution < -0.4 is 9.47 Å². The van der Waals surface area contributed by atoms with Gasteiger partial charge in [0, 0.05) is 5.56 Å². The number of benzene rings is 1. The first-order chi connectivity index (χ1) is 7.37. The van der Waals surface area contributed by atoms with Crippen molar-refractivity contribution in [2.24, 2.45) is 0 Å². The molecule has 0 N–H and O–H groups in total. The fraction of sp³-hybridized carbons (Fsp3) is 0.222. The number of carbonyl (C=O) groups is 1. The Hall–Kier alpha value is -1.43. The zero-order chi connectivity index (χ0) is 12.3. The van der Waals surface area contributed by atoms with E-state index in [0.29, 0.717) is 6.29 Å². The van der Waals surface area contributed by atoms with Gasteiger partial charge in [0.25, 0.3) is 0 Å². The number of rotatable bonds is 3. The molecule has 0 saturated heterocycles. The predicted octanol–water partition coefficient (Wildman–Crippen LogP) is 3.06. The Balaban J connectivity index is 3.23. The molecule has 0 amide bonds. The van der Waals surface area contributed by atoms with Gasteiger partial charge in [0.05, 0.1) is 12.1 Å². The molecule has 0 radical (unpaired) electrons. The van der Waals surface area contributed by atoms with Crippen molar-refractivity contribution in [1.29, 1.82) is 0 Å². The second-order valence-corrected chi connectivity index (χ2v) is 3.11. The summed E-state index contributed by atoms with van der Waals surface area (Å²) in [6.07, 6.45) is -4.52. The highest BCUT2D eigenvalue weighted by atomic mass is 35.5. The van der Waals surface area contributed by atoms with E-state index in [1.807, 2.05) is 0 Å². The van der Waals surface area contributed by atoms with Gasteiger partial charge < -0.3 is 9.47 Å². The molecule has 0 saturated carbocycles. The third-order valence-corrected chi connectivity index (χ3v) is 1.88. The van der Waals surface area contributed by atoms with Crippen LogP contribution in [0.4, 0.5) is 13.2 Å². The van der Waals surface area contributed by atoms with Crippen LogP contribution in [0.5, 0.6) is 11.5 Å². The fourth-order valence-electron chi connectivity index (χ4n) is 1.05. The molecule has 0 bridgehead atoms. The highest BCUT2D eigenvalue weighted by Gasteiger charge is 2.33. The van der Waals surface area contributed by atoms with Crippen LogP contribution in [0, 0.1) is 0 Å². The minimum atomic E-state index is -4.88. The lowest BCUT2D eigenvalue weighted by molar-refractivity contribution is -0.275. The Kier molecular flexibility index (Phi) is 3.64. The summed E-state index contributed by atoms with van der Waals surface area (Å²) >= 11 is 5.61. The van der Waals surface area contributed by atoms with Gasteiger partial charge >= 0.3 is 6.36 Å². The quantitative estimate of drug-likeness (QED) is 0.778. The molecule has 0 aliphatic heterocycles. The molecule has 1 aromatic carbocycles. The molecule has 1 aromatic rings. The Morgan fingerprint density at radius 2 is 2.00 bits per heavy atom. The van der Waals surface area contributed by atoms with Crippen LogP contribution in [0.1, 0.15) is 10.4 Å². The van der Waals surface area contributed by atoms with Crippen molar-refractivity contribution >= 4 is 17.9 Å². The van der Waals surface area contributed by atoms with Crippen LogP contribution >= 0.6 is 11.6 Å². The van der Waals surface area contributed by atoms with Gasteiger partial charge in [-0.3, -0.25) is 4.79 Å². The van der Waals surface area contributed by atoms with Crippen LogP contribution in [0.2, 0.25) is 5.02 Å². The smallest absolute Gasteiger partial charge is 0.491 e. The van der Waals surface area contributed by atoms with Crippen molar-refractivity contribution < 1.29 is 27.4 Å². The summed E-state index contributed by atoms with van der Waals surface area (Å²) < 4.78 is 44.4. The molecule has 0 aromatic heterocycles. The maximum absolute atomic E-state index is 12.0. The molecule has 0 spiro atoms. The van der Waals surface area contributed by atoms with E-state index in [0.717, 1.165) is 13.2 Å². The topological polar surface area (TPSA) is 35.5 Å². The number of halogens is 4. The van der Waals surface area contributed by atoms with Gasteiger partial charge in [-0.05, 0) is 12.1 Å². The number of ether oxygens (including phenoxy) is 2. The zero-order valence-corrected chi connectivity index (χ0v) is 8.72. The highest BCUT2D eigenvalue weighted by molar-refractivity contribution is 6.32. The molecule has 0 aliphatic carbocycles. The van der Waals surface area contributed by atoms with Gasteiger partial charge in [0.1, 0.15) is 6.29 Å². The van der Waals surface area contributed by atoms with Crippen molar-refractivity contribution in [1.82, 2.24) is 0 Å². The van der Waals surface area contributed by atoms with Crippen LogP contribution in [-0.2, 0) is 0 Å². The predicted molar refractivity (Wildman–Crippen MR) is 50.1 cm³/mol. The van der Waals surface area contributed by atoms with E-state index >= 15 is 0 Å². The maximum Gasteiger partial charge on any atom is 0.573 e. The monoisotopic (exact) mass is 254 g/mol. The van der Waals surface area contributed by atoms with E-state index < -0.39 is 12.1 Å². The minimum absolute atomic E-state index is 0.0370. The number of alkyl halides is 3. The van der Waals surface area contributed by atoms with E-state index in [-0.39, 0.29) is 16.3 Å². The van der Waals surface area contributed by atoms with Crippen LogP contribution in [0.3, 0.4) is 0 Å². The molecule has 0 fully saturated rings. The lowest BCUT2D eigenvalue weighted by atomic mass is 10.2. The van der Waals surface area contributed by atoms with E-state index in [1.54, 1.807) is 0 Å². The largest absolute Gasteiger partial charge is 0.573 e. The third kappa shape index (κ3) is 3.03. The molecule has 1 rings (SSSR count). The van der Waals surface area contributed by atoms with Gasteiger partial charge in [-0.25, -0.2) is 0 Å². The molecule has 16 heavy (non-hydrogen) atoms. The average Bonchev–Trinajstić information content (AvgIpc) is 2.14. The highest BCUT2D eigenvalue weighted by Crippen LogP contribution is 2.38. The van der Waals surface area contributed by atoms with Gasteiger partial charge in [-0.1, -0.05) is 11.6 Å². The second-order valence-electron chi connectivity index (χ2n) is 2.70. The summed E-state index contributed by atoms with van der Waals surface area (Å²) in [5.41, 5.74) is -0.0370. The van der Waals surface area contributed by atoms with Crippen molar-refractivity contribution in [3.8, 4) is 11.5 Å². The molecule has 7 heteroatoms. The number of carbonyl (C=O) groups excluding carboxylic acids is 1. The molecule has 0 unspecified atom stereocenters. The van der Waals surface area contributed by atoms with E-state index in [2.05, 4.69) is 9.47 Å². The van der Waals surface area contributed by atoms with E-state index in [9.17, 15) is 18.0 Å². The molecule has 0 aliphatic rings. The average molecular weight is 255 g/mol. The molecular weight excluding hydrogens is 249 g/mol. The van der Waals surface area contributed by atoms with Crippen molar-refractivity contribution in [3.05, 3.63) is 22.7 Å². The first kappa shape index (κ1) is 12.6.